The molecule has 1 aliphatic rings. The summed E-state index contributed by atoms with van der Waals surface area (Å²) in [6, 6.07) is 3.65. The first-order chi connectivity index (χ1) is 12.6. The van der Waals surface area contributed by atoms with E-state index in [4.69, 9.17) is 14.2 Å². The number of benzene rings is 1. The molecule has 1 aromatic rings. The van der Waals surface area contributed by atoms with Gasteiger partial charge in [-0.2, -0.15) is 0 Å². The minimum Gasteiger partial charge on any atom is -0.493 e. The number of methoxy groups -OCH3 is 3. The van der Waals surface area contributed by atoms with E-state index in [0.29, 0.717) is 23.7 Å². The van der Waals surface area contributed by atoms with E-state index in [9.17, 15) is 4.79 Å². The predicted octanol–water partition coefficient (Wildman–Crippen LogP) is 4.64. The van der Waals surface area contributed by atoms with Crippen LogP contribution in [-0.2, 0) is 4.79 Å². The van der Waals surface area contributed by atoms with E-state index in [1.807, 2.05) is 19.1 Å². The first-order valence-electron chi connectivity index (χ1n) is 9.68. The second kappa shape index (κ2) is 10.3. The van der Waals surface area contributed by atoms with E-state index in [-0.39, 0.29) is 11.9 Å². The molecule has 5 heteroatoms. The van der Waals surface area contributed by atoms with Gasteiger partial charge in [-0.1, -0.05) is 32.1 Å². The third-order valence-corrected chi connectivity index (χ3v) is 5.31. The molecule has 1 aliphatic carbocycles. The molecule has 1 fully saturated rings. The Kier molecular flexibility index (Phi) is 8.07. The quantitative estimate of drug-likeness (QED) is 0.694. The van der Waals surface area contributed by atoms with Crippen molar-refractivity contribution in [3.8, 4) is 17.2 Å². The number of carbonyl (C=O) groups excluding carboxylic acids is 1. The van der Waals surface area contributed by atoms with Crippen LogP contribution in [0.4, 0.5) is 0 Å². The fourth-order valence-electron chi connectivity index (χ4n) is 3.78. The van der Waals surface area contributed by atoms with Crippen molar-refractivity contribution < 1.29 is 19.0 Å². The summed E-state index contributed by atoms with van der Waals surface area (Å²) in [5.74, 6) is 2.68. The second-order valence-electron chi connectivity index (χ2n) is 7.14. The predicted molar refractivity (Wildman–Crippen MR) is 103 cm³/mol. The van der Waals surface area contributed by atoms with E-state index < -0.39 is 0 Å². The van der Waals surface area contributed by atoms with E-state index in [1.165, 1.54) is 38.5 Å². The molecular formula is C21H33NO4. The lowest BCUT2D eigenvalue weighted by Crippen LogP contribution is -2.26. The summed E-state index contributed by atoms with van der Waals surface area (Å²) in [5.41, 5.74) is 0.931. The number of nitrogens with one attached hydrogen (secondary N) is 1. The average molecular weight is 363 g/mol. The lowest BCUT2D eigenvalue weighted by atomic mass is 9.86. The molecule has 0 bridgehead atoms. The highest BCUT2D eigenvalue weighted by atomic mass is 16.5. The molecule has 1 atom stereocenters. The minimum absolute atomic E-state index is 0.0991. The summed E-state index contributed by atoms with van der Waals surface area (Å²) in [6.45, 7) is 1.97. The van der Waals surface area contributed by atoms with Crippen molar-refractivity contribution in [3.63, 3.8) is 0 Å². The molecule has 0 saturated heterocycles. The second-order valence-corrected chi connectivity index (χ2v) is 7.14. The highest BCUT2D eigenvalue weighted by Gasteiger charge is 2.18. The minimum atomic E-state index is -0.120. The summed E-state index contributed by atoms with van der Waals surface area (Å²) in [5, 5.41) is 3.08. The third-order valence-electron chi connectivity index (χ3n) is 5.31. The molecule has 0 heterocycles. The highest BCUT2D eigenvalue weighted by Crippen LogP contribution is 2.39. The molecule has 0 radical (unpaired) electrons. The van der Waals surface area contributed by atoms with Gasteiger partial charge in [-0.25, -0.2) is 0 Å². The Labute approximate surface area is 157 Å². The first kappa shape index (κ1) is 20.4. The Balaban J connectivity index is 1.89. The highest BCUT2D eigenvalue weighted by molar-refractivity contribution is 5.76. The summed E-state index contributed by atoms with van der Waals surface area (Å²) in [4.78, 5) is 12.3. The van der Waals surface area contributed by atoms with Gasteiger partial charge in [0.15, 0.2) is 11.5 Å². The topological polar surface area (TPSA) is 56.8 Å². The summed E-state index contributed by atoms with van der Waals surface area (Å²) >= 11 is 0. The molecule has 1 aromatic carbocycles. The lowest BCUT2D eigenvalue weighted by molar-refractivity contribution is -0.121. The fourth-order valence-corrected chi connectivity index (χ4v) is 3.78. The zero-order valence-corrected chi connectivity index (χ0v) is 16.6. The number of hydrogen-bond acceptors (Lipinski definition) is 4. The van der Waals surface area contributed by atoms with Crippen LogP contribution in [0.15, 0.2) is 12.1 Å². The van der Waals surface area contributed by atoms with Gasteiger partial charge >= 0.3 is 0 Å². The fraction of sp³-hybridized carbons (Fsp3) is 0.667. The van der Waals surface area contributed by atoms with Crippen molar-refractivity contribution in [1.82, 2.24) is 5.32 Å². The number of amides is 1. The van der Waals surface area contributed by atoms with Crippen LogP contribution in [0.5, 0.6) is 17.2 Å². The third kappa shape index (κ3) is 5.55. The molecule has 2 rings (SSSR count). The van der Waals surface area contributed by atoms with Crippen LogP contribution >= 0.6 is 0 Å². The Morgan fingerprint density at radius 1 is 1.08 bits per heavy atom. The maximum atomic E-state index is 12.3. The Morgan fingerprint density at radius 3 is 2.23 bits per heavy atom. The van der Waals surface area contributed by atoms with Crippen molar-refractivity contribution in [2.24, 2.45) is 5.92 Å². The molecule has 146 valence electrons. The molecular weight excluding hydrogens is 330 g/mol. The van der Waals surface area contributed by atoms with Gasteiger partial charge in [0.25, 0.3) is 0 Å². The molecule has 1 amide bonds. The number of hydrogen-bond donors (Lipinski definition) is 1. The van der Waals surface area contributed by atoms with Crippen molar-refractivity contribution in [2.45, 2.75) is 64.3 Å². The van der Waals surface area contributed by atoms with Gasteiger partial charge in [0.05, 0.1) is 27.4 Å². The number of carbonyl (C=O) groups is 1. The largest absolute Gasteiger partial charge is 0.493 e. The molecule has 1 unspecified atom stereocenters. The van der Waals surface area contributed by atoms with Crippen molar-refractivity contribution >= 4 is 5.91 Å². The van der Waals surface area contributed by atoms with E-state index >= 15 is 0 Å². The number of rotatable bonds is 9. The number of ether oxygens (including phenoxy) is 3. The van der Waals surface area contributed by atoms with Crippen LogP contribution in [0, 0.1) is 5.92 Å². The molecule has 0 aliphatic heterocycles. The smallest absolute Gasteiger partial charge is 0.220 e. The van der Waals surface area contributed by atoms with Gasteiger partial charge in [-0.15, -0.1) is 0 Å². The summed E-state index contributed by atoms with van der Waals surface area (Å²) in [7, 11) is 4.77. The van der Waals surface area contributed by atoms with Crippen LogP contribution < -0.4 is 19.5 Å². The summed E-state index contributed by atoms with van der Waals surface area (Å²) < 4.78 is 16.1. The molecule has 1 saturated carbocycles. The van der Waals surface area contributed by atoms with Crippen molar-refractivity contribution in [1.29, 1.82) is 0 Å². The first-order valence-corrected chi connectivity index (χ1v) is 9.68. The zero-order valence-electron chi connectivity index (χ0n) is 16.6. The normalized spacial score (nSPS) is 16.0. The van der Waals surface area contributed by atoms with Crippen LogP contribution in [0.25, 0.3) is 0 Å². The van der Waals surface area contributed by atoms with E-state index in [2.05, 4.69) is 5.32 Å². The molecule has 0 spiro atoms. The van der Waals surface area contributed by atoms with Gasteiger partial charge in [-0.3, -0.25) is 4.79 Å². The molecule has 5 nitrogen and oxygen atoms in total. The van der Waals surface area contributed by atoms with Crippen molar-refractivity contribution in [2.75, 3.05) is 21.3 Å². The Hall–Kier alpha value is -1.91. The van der Waals surface area contributed by atoms with E-state index in [1.54, 1.807) is 21.3 Å². The van der Waals surface area contributed by atoms with E-state index in [0.717, 1.165) is 17.9 Å². The monoisotopic (exact) mass is 363 g/mol. The Bertz CT molecular complexity index is 556. The van der Waals surface area contributed by atoms with Crippen LogP contribution in [-0.4, -0.2) is 27.2 Å². The standard InChI is InChI=1S/C21H33NO4/c1-15(17-13-18(24-2)21(26-4)19(14-17)25-3)22-20(23)12-8-11-16-9-6-5-7-10-16/h13-16H,5-12H2,1-4H3,(H,22,23). The van der Waals surface area contributed by atoms with Gasteiger partial charge in [0, 0.05) is 6.42 Å². The van der Waals surface area contributed by atoms with Gasteiger partial charge in [-0.05, 0) is 43.4 Å². The van der Waals surface area contributed by atoms with Crippen LogP contribution in [0.1, 0.15) is 69.9 Å². The zero-order chi connectivity index (χ0) is 18.9. The molecule has 26 heavy (non-hydrogen) atoms. The van der Waals surface area contributed by atoms with Crippen molar-refractivity contribution in [3.05, 3.63) is 17.7 Å². The van der Waals surface area contributed by atoms with Crippen LogP contribution in [0.3, 0.4) is 0 Å². The van der Waals surface area contributed by atoms with Gasteiger partial charge in [0.2, 0.25) is 11.7 Å². The average Bonchev–Trinajstić information content (AvgIpc) is 2.67. The molecule has 0 aromatic heterocycles. The molecule has 1 N–H and O–H groups in total. The van der Waals surface area contributed by atoms with Crippen LogP contribution in [0.2, 0.25) is 0 Å². The lowest BCUT2D eigenvalue weighted by Gasteiger charge is -2.21. The summed E-state index contributed by atoms with van der Waals surface area (Å²) in [6.07, 6.45) is 9.50. The maximum Gasteiger partial charge on any atom is 0.220 e. The maximum absolute atomic E-state index is 12.3. The SMILES string of the molecule is COc1cc(C(C)NC(=O)CCCC2CCCCC2)cc(OC)c1OC. The Morgan fingerprint density at radius 2 is 1.69 bits per heavy atom. The van der Waals surface area contributed by atoms with Gasteiger partial charge < -0.3 is 19.5 Å². The van der Waals surface area contributed by atoms with Gasteiger partial charge in [0.1, 0.15) is 0 Å².